The minimum absolute atomic E-state index is 0.0768. The summed E-state index contributed by atoms with van der Waals surface area (Å²) in [5.41, 5.74) is 3.90. The number of aromatic hydroxyl groups is 2. The molecule has 6 aromatic carbocycles. The number of phenols is 2. The fourth-order valence-electron chi connectivity index (χ4n) is 11.9. The van der Waals surface area contributed by atoms with Crippen molar-refractivity contribution < 1.29 is 83.2 Å². The number of rotatable bonds is 5. The monoisotopic (exact) mass is 1210 g/mol. The third-order valence-electron chi connectivity index (χ3n) is 16.2. The molecule has 1 fully saturated rings. The molecular formula is C66H68F12O2Zr. The summed E-state index contributed by atoms with van der Waals surface area (Å²) in [5.74, 6) is 0.522. The van der Waals surface area contributed by atoms with Crippen LogP contribution in [0.15, 0.2) is 108 Å². The Morgan fingerprint density at radius 3 is 0.914 bits per heavy atom. The second-order valence-electron chi connectivity index (χ2n) is 26.4. The first-order valence-electron chi connectivity index (χ1n) is 26.8. The van der Waals surface area contributed by atoms with Crippen LogP contribution in [0.3, 0.4) is 0 Å². The fourth-order valence-corrected chi connectivity index (χ4v) is 29.6. The van der Waals surface area contributed by atoms with Gasteiger partial charge in [-0.2, -0.15) is 0 Å². The third-order valence-corrected chi connectivity index (χ3v) is 29.7. The number of allylic oxidation sites excluding steroid dienone is 2. The molecule has 1 saturated heterocycles. The van der Waals surface area contributed by atoms with Gasteiger partial charge in [-0.1, -0.05) is 95.2 Å². The summed E-state index contributed by atoms with van der Waals surface area (Å²) in [6.45, 7) is 29.6. The van der Waals surface area contributed by atoms with E-state index in [1.54, 1.807) is 12.1 Å². The van der Waals surface area contributed by atoms with Crippen molar-refractivity contribution in [2.24, 2.45) is 0 Å². The zero-order valence-electron chi connectivity index (χ0n) is 47.9. The summed E-state index contributed by atoms with van der Waals surface area (Å²) < 4.78 is 167. The Hall–Kier alpha value is -5.56. The first kappa shape index (κ1) is 61.5. The number of halogens is 12. The molecule has 0 saturated carbocycles. The van der Waals surface area contributed by atoms with Crippen LogP contribution in [-0.4, -0.2) is 10.2 Å². The average Bonchev–Trinajstić information content (AvgIpc) is 3.90. The Balaban J connectivity index is 0.000000245. The number of phenolic OH excluding ortho intramolecular Hbond substituents is 2. The summed E-state index contributed by atoms with van der Waals surface area (Å²) in [6, 6.07) is 21.4. The van der Waals surface area contributed by atoms with Crippen LogP contribution >= 0.6 is 0 Å². The molecule has 1 heterocycles. The van der Waals surface area contributed by atoms with E-state index < -0.39 is 67.2 Å². The predicted molar refractivity (Wildman–Crippen MR) is 296 cm³/mol. The molecular weight excluding hydrogens is 1140 g/mol. The molecule has 432 valence electrons. The molecule has 2 N–H and O–H groups in total. The molecule has 1 aliphatic heterocycles. The maximum absolute atomic E-state index is 13.7. The summed E-state index contributed by atoms with van der Waals surface area (Å²) in [6.07, 6.45) is -16.4. The second-order valence-corrected chi connectivity index (χ2v) is 37.8. The summed E-state index contributed by atoms with van der Waals surface area (Å²) in [7, 11) is 0. The number of alkyl halides is 12. The van der Waals surface area contributed by atoms with Crippen LogP contribution in [0.25, 0.3) is 45.5 Å². The average molecular weight is 1210 g/mol. The van der Waals surface area contributed by atoms with Crippen LogP contribution in [0.5, 0.6) is 11.5 Å². The molecule has 81 heavy (non-hydrogen) atoms. The van der Waals surface area contributed by atoms with Gasteiger partial charge >= 0.3 is 290 Å². The number of benzene rings is 6. The van der Waals surface area contributed by atoms with Crippen LogP contribution < -0.4 is 0 Å². The Kier molecular flexibility index (Phi) is 15.5. The Labute approximate surface area is 471 Å². The molecule has 3 aliphatic rings. The Bertz CT molecular complexity index is 3230. The molecule has 15 heteroatoms. The fraction of sp³-hybridized carbons (Fsp3) is 0.394. The molecule has 2 aliphatic carbocycles. The molecule has 2 nitrogen and oxygen atoms in total. The molecule has 0 radical (unpaired) electrons. The van der Waals surface area contributed by atoms with E-state index >= 15 is 0 Å². The molecule has 2 unspecified atom stereocenters. The zero-order valence-corrected chi connectivity index (χ0v) is 50.3. The normalized spacial score (nSPS) is 17.5. The van der Waals surface area contributed by atoms with Gasteiger partial charge in [0.2, 0.25) is 0 Å². The van der Waals surface area contributed by atoms with E-state index in [9.17, 15) is 62.9 Å². The van der Waals surface area contributed by atoms with Gasteiger partial charge in [-0.25, -0.2) is 0 Å². The van der Waals surface area contributed by atoms with Gasteiger partial charge in [0.25, 0.3) is 0 Å². The van der Waals surface area contributed by atoms with Crippen LogP contribution in [0.1, 0.15) is 171 Å². The minimum atomic E-state index is -5.02. The van der Waals surface area contributed by atoms with Crippen LogP contribution in [0.2, 0.25) is 8.26 Å². The van der Waals surface area contributed by atoms with E-state index in [-0.39, 0.29) is 74.8 Å². The molecule has 6 aromatic rings. The van der Waals surface area contributed by atoms with Gasteiger partial charge in [0, 0.05) is 22.3 Å². The predicted octanol–water partition coefficient (Wildman–Crippen LogP) is 21.7. The van der Waals surface area contributed by atoms with Crippen LogP contribution in [0.4, 0.5) is 52.7 Å². The third kappa shape index (κ3) is 12.1. The number of hydrogen-bond donors (Lipinski definition) is 2. The van der Waals surface area contributed by atoms with Crippen molar-refractivity contribution in [2.75, 3.05) is 0 Å². The van der Waals surface area contributed by atoms with Gasteiger partial charge in [0.1, 0.15) is 11.5 Å². The van der Waals surface area contributed by atoms with Gasteiger partial charge in [-0.3, -0.25) is 0 Å². The van der Waals surface area contributed by atoms with E-state index in [1.807, 2.05) is 38.1 Å². The van der Waals surface area contributed by atoms with Crippen molar-refractivity contribution in [2.45, 2.75) is 159 Å². The first-order chi connectivity index (χ1) is 36.8. The summed E-state index contributed by atoms with van der Waals surface area (Å²) in [4.78, 5) is 0. The van der Waals surface area contributed by atoms with Crippen molar-refractivity contribution >= 4 is 12.2 Å². The molecule has 0 aromatic heterocycles. The summed E-state index contributed by atoms with van der Waals surface area (Å²) >= 11 is -3.49. The molecule has 0 amide bonds. The van der Waals surface area contributed by atoms with Gasteiger partial charge in [-0.15, -0.1) is 0 Å². The zero-order chi connectivity index (χ0) is 60.5. The second kappa shape index (κ2) is 20.4. The van der Waals surface area contributed by atoms with Crippen LogP contribution in [-0.2, 0) is 66.6 Å². The Morgan fingerprint density at radius 2 is 0.667 bits per heavy atom. The van der Waals surface area contributed by atoms with E-state index in [4.69, 9.17) is 0 Å². The number of hydrogen-bond acceptors (Lipinski definition) is 2. The molecule has 0 bridgehead atoms. The Morgan fingerprint density at radius 1 is 0.370 bits per heavy atom. The van der Waals surface area contributed by atoms with Crippen molar-refractivity contribution in [3.8, 4) is 44.9 Å². The SMILES string of the molecule is CC(C)(C)c1cc(-c2cc(C(C)(C)C)cc(C(C)(C)C)c2O)c(O)c(C(C)(C)C)c1.CC1=Cc2c(-c3cc(C(F)(F)F)cc(C(F)(F)F)c3)cccc2[CH]1[Zr]1([CH]2C(C)=Cc3c(-c4cc(C(F)(F)F)cc(C(F)(F)F)c4)cccc32)[CH2][CH2]1. The quantitative estimate of drug-likeness (QED) is 0.169. The molecule has 9 rings (SSSR count). The number of fused-ring (bicyclic) bond motifs is 2. The standard InChI is InChI=1S/C28H42O2.2C18H11F6.C2H4.Zr/c1-25(2,3)17-13-19(23(29)21(15-17)27(7,8)9)20-14-18(26(4,5)6)16-22(24(20)30)28(10,11)12;2*1-10-5-11-3-2-4-15(16(11)6-10)12-7-13(17(19,20)21)9-14(8-12)18(22,23)24;1-2;/h13-16,29-30H,1-12H3;2*2-9H,1H3;1-2H2;. The van der Waals surface area contributed by atoms with E-state index in [1.165, 1.54) is 12.1 Å². The van der Waals surface area contributed by atoms with Crippen molar-refractivity contribution in [1.29, 1.82) is 0 Å². The van der Waals surface area contributed by atoms with Crippen molar-refractivity contribution in [1.82, 2.24) is 0 Å². The van der Waals surface area contributed by atoms with Crippen molar-refractivity contribution in [3.63, 3.8) is 0 Å². The maximum atomic E-state index is 13.7. The van der Waals surface area contributed by atoms with E-state index in [2.05, 4.69) is 107 Å². The molecule has 0 spiro atoms. The summed E-state index contributed by atoms with van der Waals surface area (Å²) in [5, 5.41) is 22.7. The molecule has 2 atom stereocenters. The topological polar surface area (TPSA) is 40.5 Å². The van der Waals surface area contributed by atoms with Gasteiger partial charge in [0.05, 0.1) is 0 Å². The van der Waals surface area contributed by atoms with E-state index in [0.717, 1.165) is 77.0 Å². The van der Waals surface area contributed by atoms with Gasteiger partial charge in [-0.05, 0) is 44.9 Å². The van der Waals surface area contributed by atoms with Crippen molar-refractivity contribution in [3.05, 3.63) is 175 Å². The first-order valence-corrected chi connectivity index (χ1v) is 33.1. The van der Waals surface area contributed by atoms with Gasteiger partial charge < -0.3 is 10.2 Å². The van der Waals surface area contributed by atoms with Crippen LogP contribution in [0, 0.1) is 0 Å². The van der Waals surface area contributed by atoms with Gasteiger partial charge in [0.15, 0.2) is 0 Å². The van der Waals surface area contributed by atoms with E-state index in [0.29, 0.717) is 22.3 Å².